The molecule has 2 aromatic heterocycles. The Hall–Kier alpha value is -2.15. The largest absolute Gasteiger partial charge is 0.350 e. The number of carbonyl (C=O) groups is 1. The van der Waals surface area contributed by atoms with Gasteiger partial charge in [-0.15, -0.1) is 0 Å². The molecule has 0 bridgehead atoms. The number of anilines is 1. The molecule has 3 heterocycles. The van der Waals surface area contributed by atoms with Crippen molar-refractivity contribution in [2.24, 2.45) is 0 Å². The third kappa shape index (κ3) is 3.51. The van der Waals surface area contributed by atoms with E-state index in [-0.39, 0.29) is 18.5 Å². The van der Waals surface area contributed by atoms with Crippen LogP contribution in [0.1, 0.15) is 37.5 Å². The Morgan fingerprint density at radius 3 is 3.00 bits per heavy atom. The molecule has 7 nitrogen and oxygen atoms in total. The highest BCUT2D eigenvalue weighted by molar-refractivity contribution is 6.30. The number of nitrogens with zero attached hydrogens (tertiary/aromatic N) is 5. The Bertz CT molecular complexity index is 703. The van der Waals surface area contributed by atoms with E-state index < -0.39 is 0 Å². The number of amides is 1. The minimum atomic E-state index is -0.104. The maximum absolute atomic E-state index is 12.7. The van der Waals surface area contributed by atoms with E-state index in [1.165, 1.54) is 0 Å². The number of aryl methyl sites for hydroxylation is 1. The van der Waals surface area contributed by atoms with E-state index >= 15 is 0 Å². The molecule has 0 spiro atoms. The van der Waals surface area contributed by atoms with E-state index in [1.54, 1.807) is 18.3 Å². The first kappa shape index (κ1) is 16.7. The maximum atomic E-state index is 12.7. The third-order valence-electron chi connectivity index (χ3n) is 4.13. The van der Waals surface area contributed by atoms with Crippen LogP contribution >= 0.6 is 11.6 Å². The second-order valence-electron chi connectivity index (χ2n) is 5.84. The van der Waals surface area contributed by atoms with Crippen LogP contribution in [0, 0.1) is 0 Å². The van der Waals surface area contributed by atoms with E-state index in [0.29, 0.717) is 35.5 Å². The number of carbonyl (C=O) groups excluding carboxylic acids is 1. The van der Waals surface area contributed by atoms with E-state index in [9.17, 15) is 4.79 Å². The molecule has 1 saturated heterocycles. The van der Waals surface area contributed by atoms with Gasteiger partial charge in [-0.1, -0.05) is 23.7 Å². The van der Waals surface area contributed by atoms with Crippen molar-refractivity contribution in [3.05, 3.63) is 35.1 Å². The molecule has 3 rings (SSSR count). The van der Waals surface area contributed by atoms with Crippen LogP contribution in [0.25, 0.3) is 0 Å². The van der Waals surface area contributed by atoms with Crippen molar-refractivity contribution in [3.63, 3.8) is 0 Å². The summed E-state index contributed by atoms with van der Waals surface area (Å²) in [7, 11) is 1.84. The normalized spacial score (nSPS) is 17.3. The van der Waals surface area contributed by atoms with Gasteiger partial charge in [0, 0.05) is 26.2 Å². The monoisotopic (exact) mass is 349 g/mol. The predicted molar refractivity (Wildman–Crippen MR) is 89.9 cm³/mol. The predicted octanol–water partition coefficient (Wildman–Crippen LogP) is 2.48. The van der Waals surface area contributed by atoms with Gasteiger partial charge in [0.25, 0.3) is 0 Å². The van der Waals surface area contributed by atoms with E-state index in [4.69, 9.17) is 16.1 Å². The fraction of sp³-hybridized carbons (Fsp3) is 0.500. The van der Waals surface area contributed by atoms with E-state index in [1.807, 2.05) is 23.8 Å². The van der Waals surface area contributed by atoms with Gasteiger partial charge in [0.2, 0.25) is 11.8 Å². The molecule has 0 aromatic carbocycles. The van der Waals surface area contributed by atoms with Crippen LogP contribution in [0.5, 0.6) is 0 Å². The molecule has 1 aliphatic heterocycles. The lowest BCUT2D eigenvalue weighted by Crippen LogP contribution is -2.39. The summed E-state index contributed by atoms with van der Waals surface area (Å²) in [5.41, 5.74) is 0. The number of halogens is 1. The van der Waals surface area contributed by atoms with Crippen LogP contribution in [0.3, 0.4) is 0 Å². The minimum Gasteiger partial charge on any atom is -0.350 e. The fourth-order valence-corrected chi connectivity index (χ4v) is 2.96. The van der Waals surface area contributed by atoms with Gasteiger partial charge < -0.3 is 14.3 Å². The first-order chi connectivity index (χ1) is 11.6. The van der Waals surface area contributed by atoms with Crippen molar-refractivity contribution >= 4 is 23.3 Å². The summed E-state index contributed by atoms with van der Waals surface area (Å²) in [4.78, 5) is 24.9. The standard InChI is InChI=1S/C16H20ClN5O2/c1-3-14-19-16(20-24-14)12-5-4-8-22(12)15(23)10-21(2)13-7-6-11(17)9-18-13/h6-7,9,12H,3-5,8,10H2,1-2H3/t12-/m0/s1. The molecule has 24 heavy (non-hydrogen) atoms. The number of hydrogen-bond donors (Lipinski definition) is 0. The summed E-state index contributed by atoms with van der Waals surface area (Å²) in [5.74, 6) is 1.94. The molecule has 8 heteroatoms. The zero-order valence-corrected chi connectivity index (χ0v) is 14.5. The van der Waals surface area contributed by atoms with Crippen molar-refractivity contribution < 1.29 is 9.32 Å². The summed E-state index contributed by atoms with van der Waals surface area (Å²) in [6.07, 6.45) is 4.06. The molecular formula is C16H20ClN5O2. The molecule has 1 aliphatic rings. The maximum Gasteiger partial charge on any atom is 0.242 e. The highest BCUT2D eigenvalue weighted by Gasteiger charge is 2.33. The van der Waals surface area contributed by atoms with Gasteiger partial charge >= 0.3 is 0 Å². The Labute approximate surface area is 145 Å². The van der Waals surface area contributed by atoms with Crippen molar-refractivity contribution in [3.8, 4) is 0 Å². The molecule has 0 unspecified atom stereocenters. The second-order valence-corrected chi connectivity index (χ2v) is 6.27. The number of hydrogen-bond acceptors (Lipinski definition) is 6. The average molecular weight is 350 g/mol. The molecule has 0 radical (unpaired) electrons. The number of rotatable bonds is 5. The average Bonchev–Trinajstić information content (AvgIpc) is 3.24. The second kappa shape index (κ2) is 7.17. The number of likely N-dealkylation sites (N-methyl/N-ethyl adjacent to an activating group) is 1. The molecule has 1 amide bonds. The smallest absolute Gasteiger partial charge is 0.242 e. The molecule has 2 aromatic rings. The SMILES string of the molecule is CCc1nc([C@@H]2CCCN2C(=O)CN(C)c2ccc(Cl)cn2)no1. The van der Waals surface area contributed by atoms with Crippen molar-refractivity contribution in [1.29, 1.82) is 0 Å². The highest BCUT2D eigenvalue weighted by Crippen LogP contribution is 2.30. The number of likely N-dealkylation sites (tertiary alicyclic amines) is 1. The topological polar surface area (TPSA) is 75.4 Å². The van der Waals surface area contributed by atoms with E-state index in [2.05, 4.69) is 15.1 Å². The Morgan fingerprint density at radius 1 is 1.50 bits per heavy atom. The molecular weight excluding hydrogens is 330 g/mol. The lowest BCUT2D eigenvalue weighted by molar-refractivity contribution is -0.130. The highest BCUT2D eigenvalue weighted by atomic mass is 35.5. The summed E-state index contributed by atoms with van der Waals surface area (Å²) >= 11 is 5.85. The van der Waals surface area contributed by atoms with E-state index in [0.717, 1.165) is 12.8 Å². The quantitative estimate of drug-likeness (QED) is 0.825. The molecule has 1 fully saturated rings. The van der Waals surface area contributed by atoms with Crippen LogP contribution in [0.4, 0.5) is 5.82 Å². The fourth-order valence-electron chi connectivity index (χ4n) is 2.85. The van der Waals surface area contributed by atoms with Gasteiger partial charge in [-0.3, -0.25) is 4.79 Å². The minimum absolute atomic E-state index is 0.0274. The van der Waals surface area contributed by atoms with Crippen LogP contribution < -0.4 is 4.90 Å². The summed E-state index contributed by atoms with van der Waals surface area (Å²) in [6, 6.07) is 3.45. The van der Waals surface area contributed by atoms with Gasteiger partial charge in [0.05, 0.1) is 17.6 Å². The van der Waals surface area contributed by atoms with Gasteiger partial charge in [0.15, 0.2) is 5.82 Å². The molecule has 1 atom stereocenters. The van der Waals surface area contributed by atoms with Gasteiger partial charge in [-0.25, -0.2) is 4.98 Å². The van der Waals surface area contributed by atoms with Crippen molar-refractivity contribution in [2.45, 2.75) is 32.2 Å². The summed E-state index contributed by atoms with van der Waals surface area (Å²) in [5, 5.41) is 4.60. The van der Waals surface area contributed by atoms with Crippen molar-refractivity contribution in [2.75, 3.05) is 25.0 Å². The lowest BCUT2D eigenvalue weighted by atomic mass is 10.2. The molecule has 0 N–H and O–H groups in total. The van der Waals surface area contributed by atoms with Gasteiger partial charge in [0.1, 0.15) is 5.82 Å². The lowest BCUT2D eigenvalue weighted by Gasteiger charge is -2.25. The third-order valence-corrected chi connectivity index (χ3v) is 4.36. The van der Waals surface area contributed by atoms with Crippen molar-refractivity contribution in [1.82, 2.24) is 20.0 Å². The van der Waals surface area contributed by atoms with Gasteiger partial charge in [-0.2, -0.15) is 4.98 Å². The zero-order valence-electron chi connectivity index (χ0n) is 13.8. The summed E-state index contributed by atoms with van der Waals surface area (Å²) < 4.78 is 5.18. The summed E-state index contributed by atoms with van der Waals surface area (Å²) in [6.45, 7) is 2.91. The molecule has 0 saturated carbocycles. The first-order valence-electron chi connectivity index (χ1n) is 8.03. The zero-order chi connectivity index (χ0) is 17.1. The molecule has 128 valence electrons. The van der Waals surface area contributed by atoms with Crippen LogP contribution in [-0.4, -0.2) is 46.1 Å². The Kier molecular flexibility index (Phi) is 4.99. The van der Waals surface area contributed by atoms with Crippen LogP contribution in [0.15, 0.2) is 22.9 Å². The Balaban J connectivity index is 1.68. The number of aromatic nitrogens is 3. The Morgan fingerprint density at radius 2 is 2.33 bits per heavy atom. The first-order valence-corrected chi connectivity index (χ1v) is 8.41. The number of pyridine rings is 1. The van der Waals surface area contributed by atoms with Crippen LogP contribution in [-0.2, 0) is 11.2 Å². The van der Waals surface area contributed by atoms with Gasteiger partial charge in [-0.05, 0) is 25.0 Å². The van der Waals surface area contributed by atoms with Crippen LogP contribution in [0.2, 0.25) is 5.02 Å². The molecule has 0 aliphatic carbocycles.